The molecule has 0 saturated carbocycles. The molecule has 6 heteroatoms. The Labute approximate surface area is 79.1 Å². The summed E-state index contributed by atoms with van der Waals surface area (Å²) < 4.78 is 29.3. The Morgan fingerprint density at radius 2 is 2.15 bits per heavy atom. The fourth-order valence-corrected chi connectivity index (χ4v) is 1.85. The zero-order valence-electron chi connectivity index (χ0n) is 7.99. The molecule has 0 aliphatic carbocycles. The zero-order chi connectivity index (χ0) is 10.3. The maximum atomic E-state index is 11.1. The third kappa shape index (κ3) is 8.17. The van der Waals surface area contributed by atoms with Crippen LogP contribution in [0.25, 0.3) is 0 Å². The molecular formula is C7H17NO4S. The summed E-state index contributed by atoms with van der Waals surface area (Å²) in [6, 6.07) is 0. The van der Waals surface area contributed by atoms with Gasteiger partial charge in [0.1, 0.15) is 0 Å². The Balaban J connectivity index is 3.68. The Hall–Kier alpha value is -0.170. The molecule has 0 aliphatic heterocycles. The maximum Gasteiger partial charge on any atom is 0.211 e. The van der Waals surface area contributed by atoms with Crippen LogP contribution >= 0.6 is 0 Å². The molecule has 80 valence electrons. The van der Waals surface area contributed by atoms with Gasteiger partial charge in [-0.05, 0) is 13.3 Å². The summed E-state index contributed by atoms with van der Waals surface area (Å²) in [7, 11) is -1.72. The van der Waals surface area contributed by atoms with Gasteiger partial charge < -0.3 is 9.84 Å². The third-order valence-corrected chi connectivity index (χ3v) is 2.79. The predicted molar refractivity (Wildman–Crippen MR) is 50.0 cm³/mol. The predicted octanol–water partition coefficient (Wildman–Crippen LogP) is -0.677. The lowest BCUT2D eigenvalue weighted by Crippen LogP contribution is -2.32. The second-order valence-electron chi connectivity index (χ2n) is 2.86. The number of sulfonamides is 1. The summed E-state index contributed by atoms with van der Waals surface area (Å²) >= 11 is 0. The van der Waals surface area contributed by atoms with Crippen LogP contribution < -0.4 is 4.72 Å². The molecule has 2 N–H and O–H groups in total. The summed E-state index contributed by atoms with van der Waals surface area (Å²) in [5.74, 6) is 0.0353. The molecule has 0 aromatic carbocycles. The lowest BCUT2D eigenvalue weighted by Gasteiger charge is -2.07. The molecule has 0 bridgehead atoms. The fraction of sp³-hybridized carbons (Fsp3) is 1.00. The minimum Gasteiger partial charge on any atom is -0.392 e. The van der Waals surface area contributed by atoms with Crippen molar-refractivity contribution in [1.29, 1.82) is 0 Å². The smallest absolute Gasteiger partial charge is 0.211 e. The molecule has 1 unspecified atom stereocenters. The molecule has 0 saturated heterocycles. The van der Waals surface area contributed by atoms with Gasteiger partial charge in [-0.3, -0.25) is 0 Å². The Kier molecular flexibility index (Phi) is 6.23. The first-order valence-electron chi connectivity index (χ1n) is 4.12. The van der Waals surface area contributed by atoms with Gasteiger partial charge in [-0.1, -0.05) is 0 Å². The van der Waals surface area contributed by atoms with E-state index in [4.69, 9.17) is 9.84 Å². The van der Waals surface area contributed by atoms with E-state index in [0.29, 0.717) is 13.0 Å². The largest absolute Gasteiger partial charge is 0.392 e. The van der Waals surface area contributed by atoms with E-state index in [9.17, 15) is 8.42 Å². The number of hydrogen-bond acceptors (Lipinski definition) is 4. The average Bonchev–Trinajstić information content (AvgIpc) is 2.02. The Bertz CT molecular complexity index is 213. The molecule has 0 aromatic rings. The van der Waals surface area contributed by atoms with Crippen LogP contribution in [0.5, 0.6) is 0 Å². The third-order valence-electron chi connectivity index (χ3n) is 1.36. The number of hydrogen-bond donors (Lipinski definition) is 2. The van der Waals surface area contributed by atoms with Crippen molar-refractivity contribution in [3.05, 3.63) is 0 Å². The molecule has 13 heavy (non-hydrogen) atoms. The van der Waals surface area contributed by atoms with Crippen LogP contribution in [-0.2, 0) is 14.8 Å². The van der Waals surface area contributed by atoms with E-state index in [1.807, 2.05) is 0 Å². The molecular weight excluding hydrogens is 194 g/mol. The van der Waals surface area contributed by atoms with Crippen LogP contribution in [0.2, 0.25) is 0 Å². The van der Waals surface area contributed by atoms with Gasteiger partial charge in [0, 0.05) is 20.3 Å². The highest BCUT2D eigenvalue weighted by molar-refractivity contribution is 7.89. The summed E-state index contributed by atoms with van der Waals surface area (Å²) in [4.78, 5) is 0. The van der Waals surface area contributed by atoms with Gasteiger partial charge in [-0.15, -0.1) is 0 Å². The molecule has 0 amide bonds. The van der Waals surface area contributed by atoms with Gasteiger partial charge in [0.05, 0.1) is 11.9 Å². The van der Waals surface area contributed by atoms with E-state index in [-0.39, 0.29) is 12.3 Å². The van der Waals surface area contributed by atoms with E-state index in [1.54, 1.807) is 0 Å². The van der Waals surface area contributed by atoms with Crippen molar-refractivity contribution in [3.63, 3.8) is 0 Å². The van der Waals surface area contributed by atoms with Crippen molar-refractivity contribution in [2.24, 2.45) is 0 Å². The van der Waals surface area contributed by atoms with Gasteiger partial charge in [0.2, 0.25) is 10.0 Å². The molecule has 0 radical (unpaired) electrons. The van der Waals surface area contributed by atoms with Gasteiger partial charge in [-0.25, -0.2) is 13.1 Å². The number of nitrogens with one attached hydrogen (secondary N) is 1. The summed E-state index contributed by atoms with van der Waals surface area (Å²) in [6.45, 7) is 2.02. The first-order chi connectivity index (χ1) is 5.98. The van der Waals surface area contributed by atoms with Crippen LogP contribution in [0.1, 0.15) is 13.3 Å². The molecule has 0 aliphatic rings. The van der Waals surface area contributed by atoms with Crippen molar-refractivity contribution in [2.45, 2.75) is 19.4 Å². The van der Waals surface area contributed by atoms with Crippen molar-refractivity contribution in [2.75, 3.05) is 26.0 Å². The highest BCUT2D eigenvalue weighted by Gasteiger charge is 2.09. The van der Waals surface area contributed by atoms with Crippen LogP contribution in [0.3, 0.4) is 0 Å². The lowest BCUT2D eigenvalue weighted by molar-refractivity contribution is 0.197. The fourth-order valence-electron chi connectivity index (χ4n) is 0.713. The first-order valence-corrected chi connectivity index (χ1v) is 5.77. The average molecular weight is 211 g/mol. The highest BCUT2D eigenvalue weighted by atomic mass is 32.2. The normalized spacial score (nSPS) is 14.4. The molecule has 0 heterocycles. The lowest BCUT2D eigenvalue weighted by atomic mass is 10.4. The molecule has 1 atom stereocenters. The van der Waals surface area contributed by atoms with Gasteiger partial charge >= 0.3 is 0 Å². The van der Waals surface area contributed by atoms with Gasteiger partial charge in [0.15, 0.2) is 0 Å². The summed E-state index contributed by atoms with van der Waals surface area (Å²) in [5.41, 5.74) is 0. The SMILES string of the molecule is COCCCS(=O)(=O)NCC(C)O. The van der Waals surface area contributed by atoms with Crippen molar-refractivity contribution < 1.29 is 18.3 Å². The number of aliphatic hydroxyl groups is 1. The van der Waals surface area contributed by atoms with Crippen molar-refractivity contribution in [3.8, 4) is 0 Å². The van der Waals surface area contributed by atoms with Gasteiger partial charge in [0.25, 0.3) is 0 Å². The minimum absolute atomic E-state index is 0.0353. The van der Waals surface area contributed by atoms with Crippen LogP contribution in [0.15, 0.2) is 0 Å². The highest BCUT2D eigenvalue weighted by Crippen LogP contribution is 1.90. The minimum atomic E-state index is -3.24. The Morgan fingerprint density at radius 1 is 1.54 bits per heavy atom. The molecule has 0 aromatic heterocycles. The van der Waals surface area contributed by atoms with Crippen LogP contribution in [-0.4, -0.2) is 45.6 Å². The quantitative estimate of drug-likeness (QED) is 0.547. The second kappa shape index (κ2) is 6.31. The number of methoxy groups -OCH3 is 1. The maximum absolute atomic E-state index is 11.1. The van der Waals surface area contributed by atoms with E-state index in [2.05, 4.69) is 4.72 Å². The van der Waals surface area contributed by atoms with Crippen LogP contribution in [0.4, 0.5) is 0 Å². The van der Waals surface area contributed by atoms with Crippen molar-refractivity contribution >= 4 is 10.0 Å². The summed E-state index contributed by atoms with van der Waals surface area (Å²) in [5, 5.41) is 8.84. The molecule has 5 nitrogen and oxygen atoms in total. The number of ether oxygens (including phenoxy) is 1. The summed E-state index contributed by atoms with van der Waals surface area (Å²) in [6.07, 6.45) is -0.191. The first kappa shape index (κ1) is 12.8. The number of rotatable bonds is 7. The van der Waals surface area contributed by atoms with Crippen molar-refractivity contribution in [1.82, 2.24) is 4.72 Å². The molecule has 0 spiro atoms. The van der Waals surface area contributed by atoms with Gasteiger partial charge in [-0.2, -0.15) is 0 Å². The standard InChI is InChI=1S/C7H17NO4S/c1-7(9)6-8-13(10,11)5-3-4-12-2/h7-9H,3-6H2,1-2H3. The van der Waals surface area contributed by atoms with E-state index in [1.165, 1.54) is 14.0 Å². The zero-order valence-corrected chi connectivity index (χ0v) is 8.80. The molecule has 0 rings (SSSR count). The molecule has 0 fully saturated rings. The van der Waals surface area contributed by atoms with Crippen LogP contribution in [0, 0.1) is 0 Å². The van der Waals surface area contributed by atoms with E-state index >= 15 is 0 Å². The second-order valence-corrected chi connectivity index (χ2v) is 4.79. The number of aliphatic hydroxyl groups excluding tert-OH is 1. The van der Waals surface area contributed by atoms with E-state index in [0.717, 1.165) is 0 Å². The monoisotopic (exact) mass is 211 g/mol. The van der Waals surface area contributed by atoms with E-state index < -0.39 is 16.1 Å². The topological polar surface area (TPSA) is 75.6 Å². The Morgan fingerprint density at radius 3 is 2.62 bits per heavy atom.